The van der Waals surface area contributed by atoms with Gasteiger partial charge in [0.05, 0.1) is 0 Å². The van der Waals surface area contributed by atoms with Gasteiger partial charge in [0, 0.05) is 43.3 Å². The van der Waals surface area contributed by atoms with Crippen LogP contribution in [0.5, 0.6) is 0 Å². The molecule has 6 heteroatoms. The molecule has 2 heterocycles. The highest BCUT2D eigenvalue weighted by atomic mass is 16.2. The van der Waals surface area contributed by atoms with E-state index in [0.29, 0.717) is 11.5 Å². The van der Waals surface area contributed by atoms with Gasteiger partial charge in [0.25, 0.3) is 5.91 Å². The lowest BCUT2D eigenvalue weighted by Crippen LogP contribution is -2.46. The first-order valence-corrected chi connectivity index (χ1v) is 9.60. The van der Waals surface area contributed by atoms with E-state index in [0.717, 1.165) is 44.1 Å². The van der Waals surface area contributed by atoms with Gasteiger partial charge in [-0.1, -0.05) is 37.3 Å². The Morgan fingerprint density at radius 2 is 1.74 bits per heavy atom. The Labute approximate surface area is 161 Å². The number of nitrogens with one attached hydrogen (secondary N) is 1. The van der Waals surface area contributed by atoms with Crippen LogP contribution >= 0.6 is 0 Å². The van der Waals surface area contributed by atoms with Crippen molar-refractivity contribution in [3.05, 3.63) is 42.1 Å². The molecule has 1 fully saturated rings. The molecule has 1 aliphatic heterocycles. The number of nitrogens with zero attached hydrogens (tertiary/aromatic N) is 4. The zero-order valence-electron chi connectivity index (χ0n) is 16.7. The molecule has 144 valence electrons. The summed E-state index contributed by atoms with van der Waals surface area (Å²) in [6, 6.07) is 11.6. The molecule has 1 aromatic heterocycles. The van der Waals surface area contributed by atoms with Crippen LogP contribution in [0.2, 0.25) is 0 Å². The van der Waals surface area contributed by atoms with Crippen LogP contribution in [0.3, 0.4) is 0 Å². The Balaban J connectivity index is 1.95. The van der Waals surface area contributed by atoms with Crippen molar-refractivity contribution in [2.45, 2.75) is 33.2 Å². The van der Waals surface area contributed by atoms with Crippen molar-refractivity contribution in [1.29, 1.82) is 0 Å². The first kappa shape index (κ1) is 19.3. The van der Waals surface area contributed by atoms with Crippen LogP contribution in [0.4, 0.5) is 5.82 Å². The Morgan fingerprint density at radius 3 is 2.33 bits per heavy atom. The lowest BCUT2D eigenvalue weighted by molar-refractivity contribution is 0.0914. The topological polar surface area (TPSA) is 61.4 Å². The van der Waals surface area contributed by atoms with Crippen molar-refractivity contribution in [1.82, 2.24) is 20.2 Å². The van der Waals surface area contributed by atoms with Gasteiger partial charge in [0.1, 0.15) is 11.5 Å². The summed E-state index contributed by atoms with van der Waals surface area (Å²) >= 11 is 0. The Bertz CT molecular complexity index is 777. The first-order valence-electron chi connectivity index (χ1n) is 9.60. The molecule has 0 aliphatic carbocycles. The van der Waals surface area contributed by atoms with E-state index in [1.54, 1.807) is 0 Å². The van der Waals surface area contributed by atoms with Gasteiger partial charge in [0.15, 0.2) is 5.82 Å². The number of rotatable bonds is 4. The summed E-state index contributed by atoms with van der Waals surface area (Å²) in [5, 5.41) is 3.00. The maximum absolute atomic E-state index is 12.7. The molecule has 0 saturated carbocycles. The van der Waals surface area contributed by atoms with Gasteiger partial charge in [-0.25, -0.2) is 9.97 Å². The Morgan fingerprint density at radius 1 is 1.07 bits per heavy atom. The third-order valence-electron chi connectivity index (χ3n) is 4.61. The number of anilines is 1. The fraction of sp³-hybridized carbons (Fsp3) is 0.476. The minimum atomic E-state index is -0.318. The van der Waals surface area contributed by atoms with Crippen LogP contribution < -0.4 is 10.2 Å². The van der Waals surface area contributed by atoms with Crippen molar-refractivity contribution in [2.24, 2.45) is 0 Å². The molecule has 27 heavy (non-hydrogen) atoms. The second kappa shape index (κ2) is 8.05. The summed E-state index contributed by atoms with van der Waals surface area (Å²) in [5.41, 5.74) is 1.00. The number of likely N-dealkylation sites (N-methyl/N-ethyl adjacent to an activating group) is 1. The lowest BCUT2D eigenvalue weighted by atomic mass is 10.1. The molecule has 6 nitrogen and oxygen atoms in total. The number of piperazine rings is 1. The van der Waals surface area contributed by atoms with E-state index < -0.39 is 0 Å². The molecule has 1 amide bonds. The van der Waals surface area contributed by atoms with E-state index in [-0.39, 0.29) is 11.4 Å². The molecular weight excluding hydrogens is 338 g/mol. The average Bonchev–Trinajstić information content (AvgIpc) is 2.67. The van der Waals surface area contributed by atoms with Crippen LogP contribution in [0.15, 0.2) is 36.4 Å². The lowest BCUT2D eigenvalue weighted by Gasteiger charge is -2.35. The van der Waals surface area contributed by atoms with Gasteiger partial charge >= 0.3 is 0 Å². The molecule has 1 aliphatic rings. The van der Waals surface area contributed by atoms with Crippen molar-refractivity contribution < 1.29 is 4.79 Å². The number of carbonyl (C=O) groups excluding carboxylic acids is 1. The standard InChI is InChI=1S/C21H29N5O/c1-5-25-11-13-26(14-12-25)18-15-17(20(27)24-21(2,3)4)22-19(23-18)16-9-7-6-8-10-16/h6-10,15H,5,11-14H2,1-4H3,(H,24,27). The van der Waals surface area contributed by atoms with E-state index in [2.05, 4.69) is 27.0 Å². The number of carbonyl (C=O) groups is 1. The summed E-state index contributed by atoms with van der Waals surface area (Å²) in [6.07, 6.45) is 0. The molecule has 3 rings (SSSR count). The second-order valence-electron chi connectivity index (χ2n) is 7.93. The minimum absolute atomic E-state index is 0.171. The van der Waals surface area contributed by atoms with Crippen LogP contribution in [0.25, 0.3) is 11.4 Å². The van der Waals surface area contributed by atoms with Gasteiger partial charge in [-0.05, 0) is 27.3 Å². The van der Waals surface area contributed by atoms with Gasteiger partial charge in [-0.3, -0.25) is 4.79 Å². The van der Waals surface area contributed by atoms with Gasteiger partial charge in [0.2, 0.25) is 0 Å². The van der Waals surface area contributed by atoms with Crippen molar-refractivity contribution in [3.63, 3.8) is 0 Å². The van der Waals surface area contributed by atoms with E-state index in [4.69, 9.17) is 4.98 Å². The van der Waals surface area contributed by atoms with E-state index in [9.17, 15) is 4.79 Å². The third kappa shape index (κ3) is 5.04. The average molecular weight is 367 g/mol. The molecular formula is C21H29N5O. The second-order valence-corrected chi connectivity index (χ2v) is 7.93. The van der Waals surface area contributed by atoms with Crippen molar-refractivity contribution >= 4 is 11.7 Å². The number of aromatic nitrogens is 2. The highest BCUT2D eigenvalue weighted by molar-refractivity contribution is 5.94. The van der Waals surface area contributed by atoms with E-state index >= 15 is 0 Å². The van der Waals surface area contributed by atoms with Gasteiger partial charge < -0.3 is 15.1 Å². The SMILES string of the molecule is CCN1CCN(c2cc(C(=O)NC(C)(C)C)nc(-c3ccccc3)n2)CC1. The summed E-state index contributed by atoms with van der Waals surface area (Å²) in [7, 11) is 0. The highest BCUT2D eigenvalue weighted by Crippen LogP contribution is 2.21. The molecule has 1 N–H and O–H groups in total. The third-order valence-corrected chi connectivity index (χ3v) is 4.61. The first-order chi connectivity index (χ1) is 12.9. The molecule has 2 aromatic rings. The number of benzene rings is 1. The smallest absolute Gasteiger partial charge is 0.270 e. The molecule has 1 saturated heterocycles. The fourth-order valence-electron chi connectivity index (χ4n) is 3.13. The van der Waals surface area contributed by atoms with Crippen molar-refractivity contribution in [3.8, 4) is 11.4 Å². The minimum Gasteiger partial charge on any atom is -0.354 e. The zero-order chi connectivity index (χ0) is 19.4. The van der Waals surface area contributed by atoms with Crippen LogP contribution in [-0.2, 0) is 0 Å². The van der Waals surface area contributed by atoms with Crippen LogP contribution in [0.1, 0.15) is 38.2 Å². The molecule has 1 aromatic carbocycles. The van der Waals surface area contributed by atoms with Crippen LogP contribution in [-0.4, -0.2) is 59.0 Å². The quantitative estimate of drug-likeness (QED) is 0.900. The molecule has 0 unspecified atom stereocenters. The van der Waals surface area contributed by atoms with Crippen LogP contribution in [0, 0.1) is 0 Å². The number of amides is 1. The molecule has 0 bridgehead atoms. The molecule has 0 radical (unpaired) electrons. The van der Waals surface area contributed by atoms with Gasteiger partial charge in [-0.15, -0.1) is 0 Å². The normalized spacial score (nSPS) is 15.6. The summed E-state index contributed by atoms with van der Waals surface area (Å²) in [4.78, 5) is 26.7. The van der Waals surface area contributed by atoms with Gasteiger partial charge in [-0.2, -0.15) is 0 Å². The predicted octanol–water partition coefficient (Wildman–Crippen LogP) is 2.81. The van der Waals surface area contributed by atoms with Crippen molar-refractivity contribution in [2.75, 3.05) is 37.6 Å². The Hall–Kier alpha value is -2.47. The Kier molecular flexibility index (Phi) is 5.75. The number of hydrogen-bond donors (Lipinski definition) is 1. The summed E-state index contributed by atoms with van der Waals surface area (Å²) in [6.45, 7) is 13.0. The van der Waals surface area contributed by atoms with E-state index in [1.165, 1.54) is 0 Å². The molecule has 0 atom stereocenters. The molecule has 0 spiro atoms. The monoisotopic (exact) mass is 367 g/mol. The maximum Gasteiger partial charge on any atom is 0.270 e. The number of hydrogen-bond acceptors (Lipinski definition) is 5. The summed E-state index contributed by atoms with van der Waals surface area (Å²) < 4.78 is 0. The highest BCUT2D eigenvalue weighted by Gasteiger charge is 2.22. The maximum atomic E-state index is 12.7. The predicted molar refractivity (Wildman–Crippen MR) is 109 cm³/mol. The summed E-state index contributed by atoms with van der Waals surface area (Å²) in [5.74, 6) is 1.24. The zero-order valence-corrected chi connectivity index (χ0v) is 16.7. The largest absolute Gasteiger partial charge is 0.354 e. The van der Waals surface area contributed by atoms with E-state index in [1.807, 2.05) is 57.2 Å². The fourth-order valence-corrected chi connectivity index (χ4v) is 3.13.